The zero-order valence-corrected chi connectivity index (χ0v) is 35.5. The first-order valence-electron chi connectivity index (χ1n) is 22.5. The van der Waals surface area contributed by atoms with E-state index in [-0.39, 0.29) is 49.5 Å². The quantitative estimate of drug-likeness (QED) is 0.0426. The number of unbranched alkanes of at least 4 members (excludes halogenated alkanes) is 15. The van der Waals surface area contributed by atoms with Crippen molar-refractivity contribution in [3.05, 3.63) is 29.8 Å². The molecule has 2 heterocycles. The van der Waals surface area contributed by atoms with Crippen LogP contribution in [0, 0.1) is 5.92 Å². The number of phenolic OH excluding ortho intramolecular Hbond substituents is 1. The molecule has 0 radical (unpaired) electrons. The van der Waals surface area contributed by atoms with Crippen LogP contribution < -0.4 is 21.3 Å². The van der Waals surface area contributed by atoms with E-state index in [2.05, 4.69) is 33.2 Å². The Labute approximate surface area is 347 Å². The Hall–Kier alpha value is -4.16. The molecule has 0 aromatic heterocycles. The van der Waals surface area contributed by atoms with E-state index in [4.69, 9.17) is 9.47 Å². The minimum atomic E-state index is -0.995. The third kappa shape index (κ3) is 20.0. The molecule has 5 N–H and O–H groups in total. The smallest absolute Gasteiger partial charge is 0.328 e. The molecule has 326 valence electrons. The number of hydrogen-bond donors (Lipinski definition) is 5. The summed E-state index contributed by atoms with van der Waals surface area (Å²) in [7, 11) is 0. The topological polar surface area (TPSA) is 185 Å². The number of phenols is 1. The highest BCUT2D eigenvalue weighted by Crippen LogP contribution is 2.21. The van der Waals surface area contributed by atoms with Crippen molar-refractivity contribution in [2.24, 2.45) is 10.9 Å². The number of aromatic hydroxyl groups is 1. The highest BCUT2D eigenvalue weighted by Gasteiger charge is 2.31. The monoisotopic (exact) mass is 812 g/mol. The van der Waals surface area contributed by atoms with Gasteiger partial charge in [0.15, 0.2) is 0 Å². The lowest BCUT2D eigenvalue weighted by Gasteiger charge is -2.25. The van der Waals surface area contributed by atoms with Crippen molar-refractivity contribution in [1.82, 2.24) is 21.3 Å². The average molecular weight is 812 g/mol. The van der Waals surface area contributed by atoms with Crippen molar-refractivity contribution < 1.29 is 38.6 Å². The molecule has 0 bridgehead atoms. The zero-order valence-electron chi connectivity index (χ0n) is 35.5. The summed E-state index contributed by atoms with van der Waals surface area (Å²) in [4.78, 5) is 68.6. The number of para-hydroxylation sites is 1. The van der Waals surface area contributed by atoms with Gasteiger partial charge in [0.05, 0.1) is 24.4 Å². The van der Waals surface area contributed by atoms with Gasteiger partial charge in [0.2, 0.25) is 29.5 Å². The molecule has 4 amide bonds. The Morgan fingerprint density at radius 2 is 1.53 bits per heavy atom. The molecule has 3 rings (SSSR count). The summed E-state index contributed by atoms with van der Waals surface area (Å²) >= 11 is 0. The molecule has 0 saturated carbocycles. The van der Waals surface area contributed by atoms with Crippen molar-refractivity contribution >= 4 is 35.5 Å². The van der Waals surface area contributed by atoms with E-state index < -0.39 is 41.9 Å². The molecule has 4 unspecified atom stereocenters. The zero-order chi connectivity index (χ0) is 41.8. The summed E-state index contributed by atoms with van der Waals surface area (Å²) < 4.78 is 11.4. The lowest BCUT2D eigenvalue weighted by atomic mass is 10.0. The average Bonchev–Trinajstić information content (AvgIpc) is 3.41. The van der Waals surface area contributed by atoms with Crippen LogP contribution in [0.15, 0.2) is 29.3 Å². The molecule has 1 aromatic rings. The van der Waals surface area contributed by atoms with E-state index >= 15 is 0 Å². The highest BCUT2D eigenvalue weighted by atomic mass is 16.5. The van der Waals surface area contributed by atoms with Crippen molar-refractivity contribution in [3.63, 3.8) is 0 Å². The molecule has 2 aliphatic heterocycles. The van der Waals surface area contributed by atoms with Gasteiger partial charge in [-0.15, -0.1) is 0 Å². The van der Waals surface area contributed by atoms with Crippen molar-refractivity contribution in [2.75, 3.05) is 26.2 Å². The summed E-state index contributed by atoms with van der Waals surface area (Å²) in [6.07, 6.45) is 22.3. The second kappa shape index (κ2) is 29.1. The number of ether oxygens (including phenoxy) is 2. The maximum Gasteiger partial charge on any atom is 0.328 e. The van der Waals surface area contributed by atoms with Gasteiger partial charge in [-0.05, 0) is 64.0 Å². The second-order valence-corrected chi connectivity index (χ2v) is 16.1. The summed E-state index contributed by atoms with van der Waals surface area (Å²) in [6.45, 7) is 5.01. The molecule has 1 aromatic carbocycles. The predicted molar refractivity (Wildman–Crippen MR) is 226 cm³/mol. The van der Waals surface area contributed by atoms with Crippen LogP contribution in [0.4, 0.5) is 0 Å². The lowest BCUT2D eigenvalue weighted by molar-refractivity contribution is -0.154. The van der Waals surface area contributed by atoms with E-state index in [1.165, 1.54) is 83.1 Å². The van der Waals surface area contributed by atoms with Gasteiger partial charge in [-0.2, -0.15) is 0 Å². The van der Waals surface area contributed by atoms with E-state index in [0.717, 1.165) is 32.1 Å². The second-order valence-electron chi connectivity index (χ2n) is 16.1. The number of amides is 4. The number of esters is 1. The van der Waals surface area contributed by atoms with E-state index in [1.807, 2.05) is 0 Å². The molecule has 4 atom stereocenters. The Morgan fingerprint density at radius 3 is 2.17 bits per heavy atom. The first kappa shape index (κ1) is 48.2. The maximum absolute atomic E-state index is 13.4. The van der Waals surface area contributed by atoms with Crippen LogP contribution in [0.5, 0.6) is 5.75 Å². The van der Waals surface area contributed by atoms with E-state index in [1.54, 1.807) is 25.1 Å². The SMILES string of the molecule is CCCCCCCCCCCCCCCCCC(=O)NCCCCC(NC(=O)C1CN=C(c2ccccc2O)OC1)C(=O)OC(C)CC(=O)NC1CCCCNC1=O. The minimum absolute atomic E-state index is 0.0114. The van der Waals surface area contributed by atoms with Crippen LogP contribution >= 0.6 is 0 Å². The number of nitrogens with zero attached hydrogens (tertiary/aromatic N) is 1. The lowest BCUT2D eigenvalue weighted by Crippen LogP contribution is -2.48. The molecule has 58 heavy (non-hydrogen) atoms. The van der Waals surface area contributed by atoms with Gasteiger partial charge in [-0.3, -0.25) is 24.2 Å². The number of benzene rings is 1. The first-order chi connectivity index (χ1) is 28.2. The van der Waals surface area contributed by atoms with E-state index in [9.17, 15) is 29.1 Å². The molecule has 2 aliphatic rings. The predicted octanol–water partition coefficient (Wildman–Crippen LogP) is 6.92. The van der Waals surface area contributed by atoms with Crippen LogP contribution in [-0.4, -0.2) is 85.0 Å². The number of carbonyl (C=O) groups is 5. The Bertz CT molecular complexity index is 1420. The van der Waals surface area contributed by atoms with Crippen LogP contribution in [0.1, 0.15) is 167 Å². The minimum Gasteiger partial charge on any atom is -0.507 e. The van der Waals surface area contributed by atoms with Crippen LogP contribution in [-0.2, 0) is 33.4 Å². The third-order valence-corrected chi connectivity index (χ3v) is 10.9. The Balaban J connectivity index is 1.37. The first-order valence-corrected chi connectivity index (χ1v) is 22.5. The number of nitrogens with one attached hydrogen (secondary N) is 4. The fourth-order valence-corrected chi connectivity index (χ4v) is 7.35. The maximum atomic E-state index is 13.4. The molecule has 13 heteroatoms. The number of carbonyl (C=O) groups excluding carboxylic acids is 5. The summed E-state index contributed by atoms with van der Waals surface area (Å²) in [5.41, 5.74) is 0.433. The Morgan fingerprint density at radius 1 is 0.879 bits per heavy atom. The van der Waals surface area contributed by atoms with Crippen molar-refractivity contribution in [1.29, 1.82) is 0 Å². The van der Waals surface area contributed by atoms with Gasteiger partial charge in [-0.25, -0.2) is 4.79 Å². The van der Waals surface area contributed by atoms with Gasteiger partial charge in [0, 0.05) is 19.5 Å². The van der Waals surface area contributed by atoms with Gasteiger partial charge < -0.3 is 35.8 Å². The van der Waals surface area contributed by atoms with E-state index in [0.29, 0.717) is 44.3 Å². The van der Waals surface area contributed by atoms with Crippen LogP contribution in [0.25, 0.3) is 0 Å². The standard InChI is InChI=1S/C45H73N5O8/c1-3-4-5-6-7-8-9-10-11-12-13-14-15-16-17-28-40(52)46-29-22-21-26-38(45(56)58-34(2)31-41(53)49-37-25-20-23-30-47-43(37)55)50-42(54)35-32-48-44(57-33-35)36-24-18-19-27-39(36)51/h18-19,24,27,34-35,37-38,51H,3-17,20-23,25-26,28-33H2,1-2H3,(H,46,52)(H,47,55)(H,49,53)(H,50,54). The Kier molecular flexibility index (Phi) is 24.2. The van der Waals surface area contributed by atoms with Gasteiger partial charge >= 0.3 is 5.97 Å². The fourth-order valence-electron chi connectivity index (χ4n) is 7.35. The molecule has 0 aliphatic carbocycles. The summed E-state index contributed by atoms with van der Waals surface area (Å²) in [5, 5.41) is 21.5. The molecule has 1 fully saturated rings. The molecule has 0 spiro atoms. The third-order valence-electron chi connectivity index (χ3n) is 10.9. The van der Waals surface area contributed by atoms with Crippen LogP contribution in [0.3, 0.4) is 0 Å². The highest BCUT2D eigenvalue weighted by molar-refractivity contribution is 5.97. The molecule has 13 nitrogen and oxygen atoms in total. The molecule has 1 saturated heterocycles. The largest absolute Gasteiger partial charge is 0.507 e. The summed E-state index contributed by atoms with van der Waals surface area (Å²) in [5.74, 6) is -2.10. The summed E-state index contributed by atoms with van der Waals surface area (Å²) in [6, 6.07) is 5.03. The van der Waals surface area contributed by atoms with Gasteiger partial charge in [0.25, 0.3) is 0 Å². The van der Waals surface area contributed by atoms with Crippen molar-refractivity contribution in [3.8, 4) is 5.75 Å². The van der Waals surface area contributed by atoms with Gasteiger partial charge in [0.1, 0.15) is 30.5 Å². The number of aliphatic imine (C=N–C) groups is 1. The fraction of sp³-hybridized carbons (Fsp3) is 0.733. The number of hydrogen-bond acceptors (Lipinski definition) is 9. The normalized spacial score (nSPS) is 17.8. The van der Waals surface area contributed by atoms with Gasteiger partial charge in [-0.1, -0.05) is 109 Å². The molecular weight excluding hydrogens is 739 g/mol. The molecular formula is C45H73N5O8. The number of rotatable bonds is 29. The van der Waals surface area contributed by atoms with Crippen LogP contribution in [0.2, 0.25) is 0 Å². The van der Waals surface area contributed by atoms with Crippen molar-refractivity contribution in [2.45, 2.75) is 180 Å².